The van der Waals surface area contributed by atoms with Gasteiger partial charge in [-0.15, -0.1) is 0 Å². The first-order valence-electron chi connectivity index (χ1n) is 6.57. The number of hydrogen-bond donors (Lipinski definition) is 0. The summed E-state index contributed by atoms with van der Waals surface area (Å²) in [5.74, 6) is -0.486. The number of rotatable bonds is 4. The van der Waals surface area contributed by atoms with Crippen LogP contribution in [-0.4, -0.2) is 42.3 Å². The summed E-state index contributed by atoms with van der Waals surface area (Å²) < 4.78 is 10.5. The van der Waals surface area contributed by atoms with Gasteiger partial charge in [-0.1, -0.05) is 6.07 Å². The smallest absolute Gasteiger partial charge is 0.328 e. The van der Waals surface area contributed by atoms with Crippen molar-refractivity contribution in [2.24, 2.45) is 0 Å². The van der Waals surface area contributed by atoms with Crippen molar-refractivity contribution in [2.45, 2.75) is 13.0 Å². The van der Waals surface area contributed by atoms with Gasteiger partial charge in [-0.2, -0.15) is 0 Å². The second-order valence-electron chi connectivity index (χ2n) is 4.64. The monoisotopic (exact) mass is 399 g/mol. The lowest BCUT2D eigenvalue weighted by Gasteiger charge is -2.18. The molecule has 1 saturated heterocycles. The van der Waals surface area contributed by atoms with Crippen molar-refractivity contribution >= 4 is 50.9 Å². The normalized spacial score (nSPS) is 17.6. The van der Waals surface area contributed by atoms with Crippen molar-refractivity contribution in [2.75, 3.05) is 14.2 Å². The quantitative estimate of drug-likeness (QED) is 0.572. The van der Waals surface area contributed by atoms with Crippen molar-refractivity contribution in [3.8, 4) is 5.75 Å². The largest absolute Gasteiger partial charge is 0.496 e. The van der Waals surface area contributed by atoms with Gasteiger partial charge in [0.1, 0.15) is 11.8 Å². The molecule has 0 radical (unpaired) electrons. The molecule has 1 aromatic rings. The summed E-state index contributed by atoms with van der Waals surface area (Å²) in [7, 11) is 2.77. The van der Waals surface area contributed by atoms with Gasteiger partial charge in [-0.05, 0) is 58.4 Å². The first-order valence-corrected chi connectivity index (χ1v) is 8.18. The lowest BCUT2D eigenvalue weighted by Crippen LogP contribution is -2.42. The highest BCUT2D eigenvalue weighted by molar-refractivity contribution is 9.10. The SMILES string of the molecule is COC(=O)[C@@H](C)N1C(=O)S/C(=C/c2ccc(OC)c(Br)c2)C1=O. The summed E-state index contributed by atoms with van der Waals surface area (Å²) in [6.45, 7) is 1.45. The van der Waals surface area contributed by atoms with E-state index in [0.717, 1.165) is 26.7 Å². The molecule has 23 heavy (non-hydrogen) atoms. The minimum Gasteiger partial charge on any atom is -0.496 e. The summed E-state index contributed by atoms with van der Waals surface area (Å²) in [5.41, 5.74) is 0.730. The number of carbonyl (C=O) groups excluding carboxylic acids is 3. The van der Waals surface area contributed by atoms with E-state index in [1.807, 2.05) is 0 Å². The molecule has 1 fully saturated rings. The third-order valence-electron chi connectivity index (χ3n) is 3.23. The highest BCUT2D eigenvalue weighted by atomic mass is 79.9. The van der Waals surface area contributed by atoms with Crippen LogP contribution in [0.1, 0.15) is 12.5 Å². The second kappa shape index (κ2) is 7.18. The van der Waals surface area contributed by atoms with Crippen molar-refractivity contribution < 1.29 is 23.9 Å². The average molecular weight is 400 g/mol. The first kappa shape index (κ1) is 17.6. The number of ether oxygens (including phenoxy) is 2. The maximum absolute atomic E-state index is 12.4. The number of thioether (sulfide) groups is 1. The van der Waals surface area contributed by atoms with E-state index >= 15 is 0 Å². The molecule has 6 nitrogen and oxygen atoms in total. The maximum atomic E-state index is 12.4. The van der Waals surface area contributed by atoms with Crippen LogP contribution in [0.5, 0.6) is 5.75 Å². The fourth-order valence-electron chi connectivity index (χ4n) is 2.01. The topological polar surface area (TPSA) is 72.9 Å². The lowest BCUT2D eigenvalue weighted by atomic mass is 10.2. The highest BCUT2D eigenvalue weighted by Gasteiger charge is 2.41. The molecular weight excluding hydrogens is 386 g/mol. The summed E-state index contributed by atoms with van der Waals surface area (Å²) in [4.78, 5) is 37.1. The molecule has 2 amide bonds. The predicted octanol–water partition coefficient (Wildman–Crippen LogP) is 3.06. The zero-order valence-corrected chi connectivity index (χ0v) is 15.1. The van der Waals surface area contributed by atoms with E-state index in [0.29, 0.717) is 5.75 Å². The Morgan fingerprint density at radius 1 is 1.35 bits per heavy atom. The maximum Gasteiger partial charge on any atom is 0.328 e. The summed E-state index contributed by atoms with van der Waals surface area (Å²) >= 11 is 4.16. The zero-order chi connectivity index (χ0) is 17.1. The Hall–Kier alpha value is -1.80. The minimum atomic E-state index is -0.957. The number of nitrogens with zero attached hydrogens (tertiary/aromatic N) is 1. The summed E-state index contributed by atoms with van der Waals surface area (Å²) in [6.07, 6.45) is 1.60. The number of amides is 2. The van der Waals surface area contributed by atoms with Crippen LogP contribution in [0.25, 0.3) is 6.08 Å². The molecule has 1 aliphatic heterocycles. The van der Waals surface area contributed by atoms with Gasteiger partial charge in [-0.25, -0.2) is 4.79 Å². The van der Waals surface area contributed by atoms with E-state index in [-0.39, 0.29) is 4.91 Å². The molecule has 0 bridgehead atoms. The van der Waals surface area contributed by atoms with Crippen molar-refractivity contribution in [3.63, 3.8) is 0 Å². The van der Waals surface area contributed by atoms with E-state index in [4.69, 9.17) is 4.74 Å². The van der Waals surface area contributed by atoms with Crippen LogP contribution in [0, 0.1) is 0 Å². The van der Waals surface area contributed by atoms with Crippen molar-refractivity contribution in [3.05, 3.63) is 33.1 Å². The van der Waals surface area contributed by atoms with Gasteiger partial charge >= 0.3 is 5.97 Å². The van der Waals surface area contributed by atoms with Crippen LogP contribution in [0.3, 0.4) is 0 Å². The predicted molar refractivity (Wildman–Crippen MR) is 90.0 cm³/mol. The van der Waals surface area contributed by atoms with E-state index < -0.39 is 23.2 Å². The highest BCUT2D eigenvalue weighted by Crippen LogP contribution is 2.35. The number of methoxy groups -OCH3 is 2. The second-order valence-corrected chi connectivity index (χ2v) is 6.49. The van der Waals surface area contributed by atoms with Gasteiger partial charge in [0, 0.05) is 0 Å². The van der Waals surface area contributed by atoms with Crippen LogP contribution in [0.4, 0.5) is 4.79 Å². The molecule has 1 aromatic carbocycles. The molecule has 1 atom stereocenters. The number of benzene rings is 1. The number of carbonyl (C=O) groups is 3. The standard InChI is InChI=1S/C15H14BrNO5S/c1-8(14(19)22-3)17-13(18)12(23-15(17)20)7-9-4-5-11(21-2)10(16)6-9/h4-8H,1-3H3/b12-7+/t8-/m1/s1. The number of imide groups is 1. The fraction of sp³-hybridized carbons (Fsp3) is 0.267. The van der Waals surface area contributed by atoms with E-state index in [9.17, 15) is 14.4 Å². The van der Waals surface area contributed by atoms with Crippen molar-refractivity contribution in [1.82, 2.24) is 4.90 Å². The molecular formula is C15H14BrNO5S. The van der Waals surface area contributed by atoms with E-state index in [1.54, 1.807) is 31.4 Å². The molecule has 8 heteroatoms. The van der Waals surface area contributed by atoms with Gasteiger partial charge in [0.2, 0.25) is 0 Å². The number of esters is 1. The number of hydrogen-bond acceptors (Lipinski definition) is 6. The molecule has 0 spiro atoms. The molecule has 122 valence electrons. The Morgan fingerprint density at radius 2 is 2.04 bits per heavy atom. The third kappa shape index (κ3) is 3.59. The van der Waals surface area contributed by atoms with Crippen LogP contribution < -0.4 is 4.74 Å². The average Bonchev–Trinajstić information content (AvgIpc) is 2.80. The van der Waals surface area contributed by atoms with Gasteiger partial charge in [-0.3, -0.25) is 14.5 Å². The minimum absolute atomic E-state index is 0.253. The Kier molecular flexibility index (Phi) is 5.48. The molecule has 0 aromatic heterocycles. The summed E-state index contributed by atoms with van der Waals surface area (Å²) in [5, 5.41) is -0.494. The molecule has 0 aliphatic carbocycles. The molecule has 0 saturated carbocycles. The van der Waals surface area contributed by atoms with Crippen molar-refractivity contribution in [1.29, 1.82) is 0 Å². The third-order valence-corrected chi connectivity index (χ3v) is 4.73. The van der Waals surface area contributed by atoms with Crippen LogP contribution in [0.2, 0.25) is 0 Å². The number of halogens is 1. The van der Waals surface area contributed by atoms with Gasteiger partial charge in [0.15, 0.2) is 0 Å². The van der Waals surface area contributed by atoms with Gasteiger partial charge in [0.05, 0.1) is 23.6 Å². The fourth-order valence-corrected chi connectivity index (χ4v) is 3.48. The zero-order valence-electron chi connectivity index (χ0n) is 12.7. The van der Waals surface area contributed by atoms with Crippen LogP contribution in [-0.2, 0) is 14.3 Å². The van der Waals surface area contributed by atoms with E-state index in [1.165, 1.54) is 14.0 Å². The van der Waals surface area contributed by atoms with Gasteiger partial charge < -0.3 is 9.47 Å². The van der Waals surface area contributed by atoms with E-state index in [2.05, 4.69) is 20.7 Å². The molecule has 0 N–H and O–H groups in total. The Balaban J connectivity index is 2.28. The molecule has 1 heterocycles. The van der Waals surface area contributed by atoms with Crippen LogP contribution in [0.15, 0.2) is 27.6 Å². The first-order chi connectivity index (χ1) is 10.9. The van der Waals surface area contributed by atoms with Crippen LogP contribution >= 0.6 is 27.7 Å². The Labute approximate surface area is 145 Å². The molecule has 1 aliphatic rings. The lowest BCUT2D eigenvalue weighted by molar-refractivity contribution is -0.148. The van der Waals surface area contributed by atoms with Gasteiger partial charge in [0.25, 0.3) is 11.1 Å². The molecule has 2 rings (SSSR count). The summed E-state index contributed by atoms with van der Waals surface area (Å²) in [6, 6.07) is 4.33. The Morgan fingerprint density at radius 3 is 2.61 bits per heavy atom. The Bertz CT molecular complexity index is 703. The molecule has 0 unspecified atom stereocenters.